The number of hydrogen-bond donors (Lipinski definition) is 2. The highest BCUT2D eigenvalue weighted by molar-refractivity contribution is 9.10. The second-order valence-corrected chi connectivity index (χ2v) is 4.03. The molecule has 0 aliphatic carbocycles. The van der Waals surface area contributed by atoms with E-state index in [2.05, 4.69) is 38.5 Å². The van der Waals surface area contributed by atoms with Crippen molar-refractivity contribution in [1.29, 1.82) is 0 Å². The molecule has 5 heteroatoms. The van der Waals surface area contributed by atoms with Crippen LogP contribution in [-0.2, 0) is 0 Å². The van der Waals surface area contributed by atoms with Crippen LogP contribution in [0.15, 0.2) is 16.7 Å². The molecule has 0 fully saturated rings. The summed E-state index contributed by atoms with van der Waals surface area (Å²) in [6.07, 6.45) is 2.53. The normalized spacial score (nSPS) is 10.3. The summed E-state index contributed by atoms with van der Waals surface area (Å²) >= 11 is 3.16. The highest BCUT2D eigenvalue weighted by atomic mass is 79.9. The van der Waals surface area contributed by atoms with Gasteiger partial charge in [-0.2, -0.15) is 0 Å². The van der Waals surface area contributed by atoms with Crippen molar-refractivity contribution in [3.05, 3.63) is 22.6 Å². The number of anilines is 1. The number of pyridine rings is 1. The molecule has 3 nitrogen and oxygen atoms in total. The van der Waals surface area contributed by atoms with Crippen LogP contribution in [0.2, 0.25) is 0 Å². The molecule has 1 aromatic heterocycles. The first kappa shape index (κ1) is 12.4. The number of nitrogens with one attached hydrogen (secondary N) is 2. The lowest BCUT2D eigenvalue weighted by Gasteiger charge is -2.06. The summed E-state index contributed by atoms with van der Waals surface area (Å²) in [7, 11) is 0. The highest BCUT2D eigenvalue weighted by Gasteiger charge is 2.02. The van der Waals surface area contributed by atoms with E-state index in [4.69, 9.17) is 0 Å². The largest absolute Gasteiger partial charge is 0.368 e. The van der Waals surface area contributed by atoms with Gasteiger partial charge in [-0.25, -0.2) is 9.37 Å². The zero-order valence-electron chi connectivity index (χ0n) is 8.69. The van der Waals surface area contributed by atoms with Crippen LogP contribution >= 0.6 is 15.9 Å². The molecule has 1 heterocycles. The summed E-state index contributed by atoms with van der Waals surface area (Å²) in [5.41, 5.74) is 0. The van der Waals surface area contributed by atoms with Crippen LogP contribution in [0, 0.1) is 5.82 Å². The third-order valence-electron chi connectivity index (χ3n) is 1.88. The van der Waals surface area contributed by atoms with E-state index < -0.39 is 0 Å². The first-order chi connectivity index (χ1) is 7.24. The molecule has 0 aliphatic heterocycles. The Kier molecular flexibility index (Phi) is 5.57. The molecule has 0 radical (unpaired) electrons. The standard InChI is InChI=1S/C10H15BrFN3/c1-2-13-4-3-5-14-10-9(12)6-8(11)7-15-10/h6-7,13H,2-5H2,1H3,(H,14,15). The van der Waals surface area contributed by atoms with Crippen LogP contribution in [0.1, 0.15) is 13.3 Å². The predicted octanol–water partition coefficient (Wildman–Crippen LogP) is 2.39. The lowest BCUT2D eigenvalue weighted by molar-refractivity contribution is 0.621. The van der Waals surface area contributed by atoms with E-state index in [1.54, 1.807) is 6.20 Å². The Morgan fingerprint density at radius 3 is 2.93 bits per heavy atom. The van der Waals surface area contributed by atoms with Crippen LogP contribution < -0.4 is 10.6 Å². The van der Waals surface area contributed by atoms with Crippen LogP contribution in [0.5, 0.6) is 0 Å². The summed E-state index contributed by atoms with van der Waals surface area (Å²) in [6.45, 7) is 4.68. The lowest BCUT2D eigenvalue weighted by Crippen LogP contribution is -2.17. The first-order valence-corrected chi connectivity index (χ1v) is 5.79. The Labute approximate surface area is 97.6 Å². The minimum Gasteiger partial charge on any atom is -0.368 e. The number of rotatable bonds is 6. The average molecular weight is 276 g/mol. The maximum absolute atomic E-state index is 13.3. The molecule has 1 aromatic rings. The van der Waals surface area contributed by atoms with Crippen molar-refractivity contribution in [3.8, 4) is 0 Å². The summed E-state index contributed by atoms with van der Waals surface area (Å²) in [6, 6.07) is 1.40. The van der Waals surface area contributed by atoms with Gasteiger partial charge in [-0.3, -0.25) is 0 Å². The third-order valence-corrected chi connectivity index (χ3v) is 2.31. The molecule has 1 rings (SSSR count). The van der Waals surface area contributed by atoms with Gasteiger partial charge in [0.2, 0.25) is 0 Å². The van der Waals surface area contributed by atoms with Gasteiger partial charge in [0.05, 0.1) is 0 Å². The molecule has 0 saturated carbocycles. The van der Waals surface area contributed by atoms with Gasteiger partial charge in [-0.15, -0.1) is 0 Å². The van der Waals surface area contributed by atoms with E-state index in [1.165, 1.54) is 6.07 Å². The quantitative estimate of drug-likeness (QED) is 0.783. The number of halogens is 2. The summed E-state index contributed by atoms with van der Waals surface area (Å²) in [4.78, 5) is 3.94. The fourth-order valence-electron chi connectivity index (χ4n) is 1.14. The van der Waals surface area contributed by atoms with Crippen molar-refractivity contribution >= 4 is 21.7 Å². The van der Waals surface area contributed by atoms with Crippen LogP contribution in [0.4, 0.5) is 10.2 Å². The lowest BCUT2D eigenvalue weighted by atomic mass is 10.4. The molecule has 84 valence electrons. The molecular weight excluding hydrogens is 261 g/mol. The summed E-state index contributed by atoms with van der Waals surface area (Å²) in [5.74, 6) is -0.0116. The van der Waals surface area contributed by atoms with E-state index in [9.17, 15) is 4.39 Å². The van der Waals surface area contributed by atoms with Gasteiger partial charge in [0.25, 0.3) is 0 Å². The Morgan fingerprint density at radius 2 is 2.27 bits per heavy atom. The van der Waals surface area contributed by atoms with E-state index in [0.717, 1.165) is 26.1 Å². The number of hydrogen-bond acceptors (Lipinski definition) is 3. The van der Waals surface area contributed by atoms with Gasteiger partial charge in [0.1, 0.15) is 0 Å². The smallest absolute Gasteiger partial charge is 0.166 e. The highest BCUT2D eigenvalue weighted by Crippen LogP contribution is 2.15. The maximum atomic E-state index is 13.3. The van der Waals surface area contributed by atoms with Crippen molar-refractivity contribution in [2.24, 2.45) is 0 Å². The topological polar surface area (TPSA) is 37.0 Å². The zero-order chi connectivity index (χ0) is 11.1. The van der Waals surface area contributed by atoms with E-state index >= 15 is 0 Å². The van der Waals surface area contributed by atoms with Gasteiger partial charge in [-0.1, -0.05) is 6.92 Å². The van der Waals surface area contributed by atoms with Crippen molar-refractivity contribution in [2.75, 3.05) is 25.0 Å². The number of aromatic nitrogens is 1. The SMILES string of the molecule is CCNCCCNc1ncc(Br)cc1F. The van der Waals surface area contributed by atoms with Crippen LogP contribution in [-0.4, -0.2) is 24.6 Å². The Bertz CT molecular complexity index is 307. The van der Waals surface area contributed by atoms with Gasteiger partial charge in [0.15, 0.2) is 11.6 Å². The molecule has 0 spiro atoms. The molecule has 2 N–H and O–H groups in total. The molecule has 0 bridgehead atoms. The Morgan fingerprint density at radius 1 is 1.47 bits per heavy atom. The summed E-state index contributed by atoms with van der Waals surface area (Å²) in [5, 5.41) is 6.15. The van der Waals surface area contributed by atoms with Crippen molar-refractivity contribution < 1.29 is 4.39 Å². The van der Waals surface area contributed by atoms with Crippen molar-refractivity contribution in [1.82, 2.24) is 10.3 Å². The Hall–Kier alpha value is -0.680. The van der Waals surface area contributed by atoms with Crippen LogP contribution in [0.25, 0.3) is 0 Å². The molecule has 0 aliphatic rings. The second kappa shape index (κ2) is 6.74. The van der Waals surface area contributed by atoms with Crippen LogP contribution in [0.3, 0.4) is 0 Å². The average Bonchev–Trinajstić information content (AvgIpc) is 2.20. The monoisotopic (exact) mass is 275 g/mol. The molecule has 0 atom stereocenters. The van der Waals surface area contributed by atoms with E-state index in [-0.39, 0.29) is 5.82 Å². The van der Waals surface area contributed by atoms with E-state index in [1.807, 2.05) is 0 Å². The zero-order valence-corrected chi connectivity index (χ0v) is 10.3. The fraction of sp³-hybridized carbons (Fsp3) is 0.500. The van der Waals surface area contributed by atoms with Crippen molar-refractivity contribution in [3.63, 3.8) is 0 Å². The minimum absolute atomic E-state index is 0.315. The number of nitrogens with zero attached hydrogens (tertiary/aromatic N) is 1. The molecule has 0 aromatic carbocycles. The Balaban J connectivity index is 2.31. The van der Waals surface area contributed by atoms with Crippen molar-refractivity contribution in [2.45, 2.75) is 13.3 Å². The van der Waals surface area contributed by atoms with Gasteiger partial charge in [0, 0.05) is 17.2 Å². The molecule has 0 amide bonds. The summed E-state index contributed by atoms with van der Waals surface area (Å²) < 4.78 is 13.9. The van der Waals surface area contributed by atoms with Gasteiger partial charge < -0.3 is 10.6 Å². The first-order valence-electron chi connectivity index (χ1n) is 4.99. The van der Waals surface area contributed by atoms with Gasteiger partial charge >= 0.3 is 0 Å². The predicted molar refractivity (Wildman–Crippen MR) is 63.5 cm³/mol. The fourth-order valence-corrected chi connectivity index (χ4v) is 1.44. The minimum atomic E-state index is -0.326. The molecular formula is C10H15BrFN3. The molecule has 0 unspecified atom stereocenters. The second-order valence-electron chi connectivity index (χ2n) is 3.12. The molecule has 0 saturated heterocycles. The van der Waals surface area contributed by atoms with Gasteiger partial charge in [-0.05, 0) is 41.5 Å². The molecule has 15 heavy (non-hydrogen) atoms. The maximum Gasteiger partial charge on any atom is 0.166 e. The third kappa shape index (κ3) is 4.57. The van der Waals surface area contributed by atoms with E-state index in [0.29, 0.717) is 10.3 Å².